The Morgan fingerprint density at radius 2 is 2.20 bits per heavy atom. The molecule has 1 aliphatic heterocycles. The van der Waals surface area contributed by atoms with Crippen LogP contribution in [0.5, 0.6) is 0 Å². The Hall–Kier alpha value is -1.84. The molecule has 0 bridgehead atoms. The van der Waals surface area contributed by atoms with E-state index in [0.29, 0.717) is 31.3 Å². The fourth-order valence-corrected chi connectivity index (χ4v) is 2.55. The van der Waals surface area contributed by atoms with E-state index < -0.39 is 0 Å². The zero-order valence-corrected chi connectivity index (χ0v) is 11.7. The minimum absolute atomic E-state index is 0.423. The fraction of sp³-hybridized carbons (Fsp3) is 0.462. The van der Waals surface area contributed by atoms with Gasteiger partial charge in [0.2, 0.25) is 0 Å². The molecule has 3 heterocycles. The van der Waals surface area contributed by atoms with Gasteiger partial charge in [-0.3, -0.25) is 0 Å². The summed E-state index contributed by atoms with van der Waals surface area (Å²) in [6, 6.07) is 3.97. The minimum atomic E-state index is 0.423. The van der Waals surface area contributed by atoms with E-state index in [2.05, 4.69) is 20.9 Å². The lowest BCUT2D eigenvalue weighted by molar-refractivity contribution is 0.123. The second-order valence-corrected chi connectivity index (χ2v) is 4.97. The molecule has 104 valence electrons. The normalized spacial score (nSPS) is 15.5. The zero-order valence-electron chi connectivity index (χ0n) is 10.9. The molecule has 1 saturated heterocycles. The summed E-state index contributed by atoms with van der Waals surface area (Å²) in [4.78, 5) is 11.0. The molecule has 6 nitrogen and oxygen atoms in total. The van der Waals surface area contributed by atoms with Crippen molar-refractivity contribution in [3.8, 4) is 6.07 Å². The molecule has 0 spiro atoms. The average molecular weight is 292 g/mol. The van der Waals surface area contributed by atoms with Crippen LogP contribution in [0.3, 0.4) is 0 Å². The third-order valence-corrected chi connectivity index (χ3v) is 3.53. The summed E-state index contributed by atoms with van der Waals surface area (Å²) >= 11 is 6.13. The molecule has 1 fully saturated rings. The molecule has 7 heteroatoms. The molecule has 0 aliphatic carbocycles. The second kappa shape index (κ2) is 5.65. The molecule has 0 aromatic carbocycles. The summed E-state index contributed by atoms with van der Waals surface area (Å²) in [5.74, 6) is 0. The van der Waals surface area contributed by atoms with Crippen molar-refractivity contribution in [2.45, 2.75) is 13.0 Å². The number of hydrogen-bond acceptors (Lipinski definition) is 5. The summed E-state index contributed by atoms with van der Waals surface area (Å²) in [6.45, 7) is 3.62. The van der Waals surface area contributed by atoms with E-state index in [-0.39, 0.29) is 0 Å². The number of anilines is 1. The van der Waals surface area contributed by atoms with Gasteiger partial charge in [-0.25, -0.2) is 9.97 Å². The number of imidazole rings is 1. The Bertz CT molecular complexity index is 657. The van der Waals surface area contributed by atoms with Crippen LogP contribution in [0.1, 0.15) is 6.42 Å². The van der Waals surface area contributed by atoms with Gasteiger partial charge in [0.25, 0.3) is 0 Å². The highest BCUT2D eigenvalue weighted by atomic mass is 35.5. The number of ether oxygens (including phenoxy) is 1. The molecule has 0 saturated carbocycles. The van der Waals surface area contributed by atoms with Gasteiger partial charge >= 0.3 is 0 Å². The van der Waals surface area contributed by atoms with Crippen molar-refractivity contribution in [1.82, 2.24) is 14.5 Å². The van der Waals surface area contributed by atoms with E-state index in [1.165, 1.54) is 0 Å². The maximum atomic E-state index is 8.70. The second-order valence-electron chi connectivity index (χ2n) is 4.58. The monoisotopic (exact) mass is 291 g/mol. The Morgan fingerprint density at radius 3 is 2.95 bits per heavy atom. The number of halogens is 1. The molecule has 3 rings (SSSR count). The maximum Gasteiger partial charge on any atom is 0.163 e. The topological polar surface area (TPSA) is 67.0 Å². The number of hydrogen-bond donors (Lipinski definition) is 0. The van der Waals surface area contributed by atoms with Crippen molar-refractivity contribution in [2.75, 3.05) is 31.2 Å². The molecule has 2 aromatic heterocycles. The highest BCUT2D eigenvalue weighted by Gasteiger charge is 2.18. The number of nitriles is 1. The minimum Gasteiger partial charge on any atom is -0.378 e. The summed E-state index contributed by atoms with van der Waals surface area (Å²) in [5, 5.41) is 9.14. The van der Waals surface area contributed by atoms with E-state index in [0.717, 1.165) is 29.9 Å². The highest BCUT2D eigenvalue weighted by Crippen LogP contribution is 2.28. The molecule has 0 unspecified atom stereocenters. The van der Waals surface area contributed by atoms with Crippen molar-refractivity contribution in [2.24, 2.45) is 0 Å². The van der Waals surface area contributed by atoms with Gasteiger partial charge in [-0.05, 0) is 0 Å². The van der Waals surface area contributed by atoms with Crippen molar-refractivity contribution in [1.29, 1.82) is 5.26 Å². The zero-order chi connectivity index (χ0) is 13.9. The number of pyridine rings is 1. The van der Waals surface area contributed by atoms with E-state index in [4.69, 9.17) is 21.6 Å². The molecule has 1 aliphatic rings. The van der Waals surface area contributed by atoms with Crippen LogP contribution < -0.4 is 4.90 Å². The van der Waals surface area contributed by atoms with Crippen LogP contribution in [0.15, 0.2) is 12.4 Å². The maximum absolute atomic E-state index is 8.70. The lowest BCUT2D eigenvalue weighted by Gasteiger charge is -2.29. The standard InChI is InChI=1S/C13H14ClN5O/c14-11-8-10(18-4-6-20-7-5-18)12-13(17-11)19(9-16-12)3-1-2-15/h8-9H,1,3-7H2. The van der Waals surface area contributed by atoms with E-state index in [1.807, 2.05) is 10.6 Å². The average Bonchev–Trinajstić information content (AvgIpc) is 2.88. The number of rotatable bonds is 3. The first-order chi connectivity index (χ1) is 9.79. The molecular formula is C13H14ClN5O. The molecule has 20 heavy (non-hydrogen) atoms. The van der Waals surface area contributed by atoms with Crippen molar-refractivity contribution in [3.63, 3.8) is 0 Å². The molecule has 0 atom stereocenters. The first-order valence-electron chi connectivity index (χ1n) is 6.50. The number of aryl methyl sites for hydroxylation is 1. The smallest absolute Gasteiger partial charge is 0.163 e. The summed E-state index contributed by atoms with van der Waals surface area (Å²) in [5.41, 5.74) is 2.54. The van der Waals surface area contributed by atoms with Crippen molar-refractivity contribution in [3.05, 3.63) is 17.5 Å². The van der Waals surface area contributed by atoms with Gasteiger partial charge in [-0.2, -0.15) is 5.26 Å². The van der Waals surface area contributed by atoms with E-state index >= 15 is 0 Å². The number of nitrogens with zero attached hydrogens (tertiary/aromatic N) is 5. The van der Waals surface area contributed by atoms with Crippen LogP contribution in [-0.2, 0) is 11.3 Å². The summed E-state index contributed by atoms with van der Waals surface area (Å²) in [6.07, 6.45) is 2.14. The summed E-state index contributed by atoms with van der Waals surface area (Å²) in [7, 11) is 0. The first-order valence-corrected chi connectivity index (χ1v) is 6.88. The predicted molar refractivity (Wildman–Crippen MR) is 75.8 cm³/mol. The number of aromatic nitrogens is 3. The first kappa shape index (κ1) is 13.2. The van der Waals surface area contributed by atoms with Gasteiger partial charge in [0, 0.05) is 25.7 Å². The van der Waals surface area contributed by atoms with Gasteiger partial charge in [-0.1, -0.05) is 11.6 Å². The highest BCUT2D eigenvalue weighted by molar-refractivity contribution is 6.30. The predicted octanol–water partition coefficient (Wildman–Crippen LogP) is 1.83. The quantitative estimate of drug-likeness (QED) is 0.807. The summed E-state index contributed by atoms with van der Waals surface area (Å²) < 4.78 is 7.24. The number of morpholine rings is 1. The molecule has 0 radical (unpaired) electrons. The molecule has 2 aromatic rings. The van der Waals surface area contributed by atoms with Crippen molar-refractivity contribution >= 4 is 28.5 Å². The van der Waals surface area contributed by atoms with Crippen LogP contribution in [0.2, 0.25) is 5.15 Å². The molecular weight excluding hydrogens is 278 g/mol. The van der Waals surface area contributed by atoms with E-state index in [1.54, 1.807) is 6.33 Å². The van der Waals surface area contributed by atoms with Gasteiger partial charge in [-0.15, -0.1) is 0 Å². The van der Waals surface area contributed by atoms with Crippen molar-refractivity contribution < 1.29 is 4.74 Å². The Morgan fingerprint density at radius 1 is 1.40 bits per heavy atom. The largest absolute Gasteiger partial charge is 0.378 e. The van der Waals surface area contributed by atoms with Gasteiger partial charge in [0.1, 0.15) is 10.7 Å². The van der Waals surface area contributed by atoms with Crippen LogP contribution in [0.4, 0.5) is 5.69 Å². The Kier molecular flexibility index (Phi) is 3.72. The van der Waals surface area contributed by atoms with Crippen LogP contribution in [0, 0.1) is 11.3 Å². The molecule has 0 amide bonds. The van der Waals surface area contributed by atoms with Crippen LogP contribution in [0.25, 0.3) is 11.2 Å². The Labute approximate surface area is 121 Å². The fourth-order valence-electron chi connectivity index (χ4n) is 2.37. The third kappa shape index (κ3) is 2.42. The van der Waals surface area contributed by atoms with Crippen LogP contribution >= 0.6 is 11.6 Å². The SMILES string of the molecule is N#CCCn1cnc2c(N3CCOCC3)cc(Cl)nc21. The number of fused-ring (bicyclic) bond motifs is 1. The lowest BCUT2D eigenvalue weighted by Crippen LogP contribution is -2.36. The van der Waals surface area contributed by atoms with Gasteiger partial charge in [0.15, 0.2) is 5.65 Å². The van der Waals surface area contributed by atoms with Gasteiger partial charge < -0.3 is 14.2 Å². The van der Waals surface area contributed by atoms with E-state index in [9.17, 15) is 0 Å². The lowest BCUT2D eigenvalue weighted by atomic mass is 10.3. The van der Waals surface area contributed by atoms with Crippen LogP contribution in [-0.4, -0.2) is 40.8 Å². The third-order valence-electron chi connectivity index (χ3n) is 3.34. The molecule has 0 N–H and O–H groups in total. The Balaban J connectivity index is 2.03. The van der Waals surface area contributed by atoms with Gasteiger partial charge in [0.05, 0.1) is 37.7 Å².